The Morgan fingerprint density at radius 2 is 2.42 bits per heavy atom. The van der Waals surface area contributed by atoms with Crippen LogP contribution in [0.1, 0.15) is 16.1 Å². The number of aromatic nitrogens is 1. The predicted molar refractivity (Wildman–Crippen MR) is 44.4 cm³/mol. The van der Waals surface area contributed by atoms with Gasteiger partial charge in [-0.05, 0) is 11.6 Å². The number of carbonyl (C=O) groups excluding carboxylic acids is 1. The molecule has 1 aromatic heterocycles. The van der Waals surface area contributed by atoms with Crippen molar-refractivity contribution in [3.8, 4) is 0 Å². The Kier molecular flexibility index (Phi) is 2.76. The van der Waals surface area contributed by atoms with E-state index in [-0.39, 0.29) is 12.5 Å². The molecule has 12 heavy (non-hydrogen) atoms. The number of nitrogens with zero attached hydrogens (tertiary/aromatic N) is 1. The molecule has 1 radical (unpaired) electrons. The molecule has 0 unspecified atom stereocenters. The first kappa shape index (κ1) is 8.67. The van der Waals surface area contributed by atoms with Crippen LogP contribution >= 0.6 is 0 Å². The maximum atomic E-state index is 11.0. The second-order valence-corrected chi connectivity index (χ2v) is 2.31. The van der Waals surface area contributed by atoms with Gasteiger partial charge < -0.3 is 5.32 Å². The van der Waals surface area contributed by atoms with Gasteiger partial charge in [0, 0.05) is 19.8 Å². The molecular weight excluding hydrogens is 154 g/mol. The molecule has 0 bridgehead atoms. The lowest BCUT2D eigenvalue weighted by Crippen LogP contribution is -2.19. The molecule has 0 aliphatic heterocycles. The van der Waals surface area contributed by atoms with Gasteiger partial charge in [0.1, 0.15) is 5.69 Å². The summed E-state index contributed by atoms with van der Waals surface area (Å²) >= 11 is 0. The fourth-order valence-corrected chi connectivity index (χ4v) is 0.791. The number of nitrogens with one attached hydrogen (secondary N) is 2. The fourth-order valence-electron chi connectivity index (χ4n) is 0.791. The summed E-state index contributed by atoms with van der Waals surface area (Å²) in [5.41, 5.74) is 8.22. The van der Waals surface area contributed by atoms with Gasteiger partial charge in [0.05, 0.1) is 0 Å². The quantitative estimate of drug-likeness (QED) is 0.679. The van der Waals surface area contributed by atoms with Crippen LogP contribution < -0.4 is 11.1 Å². The third-order valence-corrected chi connectivity index (χ3v) is 1.49. The molecule has 63 valence electrons. The van der Waals surface area contributed by atoms with Crippen LogP contribution in [0.4, 0.5) is 0 Å². The van der Waals surface area contributed by atoms with Crippen LogP contribution in [0.2, 0.25) is 0 Å². The Labute approximate surface area is 70.8 Å². The van der Waals surface area contributed by atoms with Crippen LogP contribution in [0.15, 0.2) is 18.3 Å². The number of carbonyl (C=O) groups is 1. The third-order valence-electron chi connectivity index (χ3n) is 1.49. The average molecular weight is 164 g/mol. The van der Waals surface area contributed by atoms with Crippen molar-refractivity contribution in [3.05, 3.63) is 29.6 Å². The standard InChI is InChI=1S/C8H10N3O/c1-10-8(12)7-3-2-6(4-9)5-11-7/h2-3,5,9H,4H2,1H3,(H,10,12). The molecule has 0 atom stereocenters. The minimum absolute atomic E-state index is 0.195. The van der Waals surface area contributed by atoms with Crippen LogP contribution in [-0.2, 0) is 6.54 Å². The van der Waals surface area contributed by atoms with Gasteiger partial charge >= 0.3 is 0 Å². The average Bonchev–Trinajstić information content (AvgIpc) is 2.17. The van der Waals surface area contributed by atoms with Crippen molar-refractivity contribution in [2.75, 3.05) is 7.05 Å². The molecule has 0 spiro atoms. The lowest BCUT2D eigenvalue weighted by atomic mass is 10.2. The Balaban J connectivity index is 2.84. The summed E-state index contributed by atoms with van der Waals surface area (Å²) < 4.78 is 0. The van der Waals surface area contributed by atoms with Crippen molar-refractivity contribution in [1.82, 2.24) is 16.0 Å². The molecule has 2 N–H and O–H groups in total. The number of hydrogen-bond donors (Lipinski definition) is 1. The normalized spacial score (nSPS) is 9.50. The maximum Gasteiger partial charge on any atom is 0.269 e. The molecule has 0 aromatic carbocycles. The maximum absolute atomic E-state index is 11.0. The van der Waals surface area contributed by atoms with Gasteiger partial charge in [-0.25, -0.2) is 0 Å². The summed E-state index contributed by atoms with van der Waals surface area (Å²) in [5.74, 6) is -0.202. The topological polar surface area (TPSA) is 65.8 Å². The van der Waals surface area contributed by atoms with Crippen molar-refractivity contribution in [1.29, 1.82) is 0 Å². The van der Waals surface area contributed by atoms with Crippen molar-refractivity contribution in [3.63, 3.8) is 0 Å². The summed E-state index contributed by atoms with van der Waals surface area (Å²) in [7, 11) is 1.56. The first-order valence-electron chi connectivity index (χ1n) is 3.59. The van der Waals surface area contributed by atoms with E-state index in [1.54, 1.807) is 19.2 Å². The Morgan fingerprint density at radius 3 is 2.83 bits per heavy atom. The van der Waals surface area contributed by atoms with Crippen LogP contribution in [0.25, 0.3) is 0 Å². The molecule has 0 aliphatic carbocycles. The van der Waals surface area contributed by atoms with Crippen LogP contribution in [-0.4, -0.2) is 17.9 Å². The van der Waals surface area contributed by atoms with E-state index in [0.717, 1.165) is 5.56 Å². The van der Waals surface area contributed by atoms with Crippen molar-refractivity contribution in [2.24, 2.45) is 0 Å². The van der Waals surface area contributed by atoms with Crippen LogP contribution in [0, 0.1) is 0 Å². The molecule has 1 heterocycles. The van der Waals surface area contributed by atoms with Gasteiger partial charge in [0.15, 0.2) is 0 Å². The second kappa shape index (κ2) is 3.82. The monoisotopic (exact) mass is 164 g/mol. The minimum atomic E-state index is -0.202. The summed E-state index contributed by atoms with van der Waals surface area (Å²) in [5, 5.41) is 2.47. The summed E-state index contributed by atoms with van der Waals surface area (Å²) in [6.07, 6.45) is 1.54. The van der Waals surface area contributed by atoms with E-state index in [0.29, 0.717) is 5.69 Å². The Hall–Kier alpha value is -1.42. The fraction of sp³-hybridized carbons (Fsp3) is 0.250. The molecular formula is C8H10N3O. The van der Waals surface area contributed by atoms with E-state index in [4.69, 9.17) is 5.73 Å². The summed E-state index contributed by atoms with van der Waals surface area (Å²) in [4.78, 5) is 14.9. The third kappa shape index (κ3) is 1.79. The SMILES string of the molecule is CNC(=O)c1ccc(C[NH])cn1. The van der Waals surface area contributed by atoms with E-state index in [9.17, 15) is 4.79 Å². The molecule has 0 saturated heterocycles. The van der Waals surface area contributed by atoms with Crippen LogP contribution in [0.3, 0.4) is 0 Å². The molecule has 0 saturated carbocycles. The van der Waals surface area contributed by atoms with Gasteiger partial charge in [-0.1, -0.05) is 6.07 Å². The number of pyridine rings is 1. The van der Waals surface area contributed by atoms with Gasteiger partial charge in [0.2, 0.25) is 0 Å². The summed E-state index contributed by atoms with van der Waals surface area (Å²) in [6, 6.07) is 3.34. The number of amides is 1. The zero-order chi connectivity index (χ0) is 8.97. The van der Waals surface area contributed by atoms with Crippen LogP contribution in [0.5, 0.6) is 0 Å². The Morgan fingerprint density at radius 1 is 1.67 bits per heavy atom. The van der Waals surface area contributed by atoms with Crippen molar-refractivity contribution < 1.29 is 4.79 Å². The highest BCUT2D eigenvalue weighted by atomic mass is 16.1. The lowest BCUT2D eigenvalue weighted by Gasteiger charge is -1.98. The molecule has 0 aliphatic rings. The number of hydrogen-bond acceptors (Lipinski definition) is 2. The molecule has 1 amide bonds. The first-order valence-corrected chi connectivity index (χ1v) is 3.59. The largest absolute Gasteiger partial charge is 0.354 e. The van der Waals surface area contributed by atoms with E-state index >= 15 is 0 Å². The van der Waals surface area contributed by atoms with Gasteiger partial charge in [-0.2, -0.15) is 0 Å². The molecule has 1 rings (SSSR count). The lowest BCUT2D eigenvalue weighted by molar-refractivity contribution is 0.0958. The zero-order valence-electron chi connectivity index (χ0n) is 6.79. The van der Waals surface area contributed by atoms with Gasteiger partial charge in [-0.3, -0.25) is 15.5 Å². The summed E-state index contributed by atoms with van der Waals surface area (Å²) in [6.45, 7) is 0.195. The first-order chi connectivity index (χ1) is 5.77. The highest BCUT2D eigenvalue weighted by Crippen LogP contribution is 1.98. The number of rotatable bonds is 2. The van der Waals surface area contributed by atoms with E-state index in [2.05, 4.69) is 10.3 Å². The molecule has 0 fully saturated rings. The molecule has 4 heteroatoms. The second-order valence-electron chi connectivity index (χ2n) is 2.31. The highest BCUT2D eigenvalue weighted by Gasteiger charge is 2.02. The zero-order valence-corrected chi connectivity index (χ0v) is 6.79. The molecule has 4 nitrogen and oxygen atoms in total. The minimum Gasteiger partial charge on any atom is -0.354 e. The Bertz CT molecular complexity index is 268. The van der Waals surface area contributed by atoms with Gasteiger partial charge in [-0.15, -0.1) is 0 Å². The smallest absolute Gasteiger partial charge is 0.269 e. The van der Waals surface area contributed by atoms with Gasteiger partial charge in [0.25, 0.3) is 5.91 Å². The van der Waals surface area contributed by atoms with E-state index in [1.807, 2.05) is 0 Å². The van der Waals surface area contributed by atoms with Crippen molar-refractivity contribution in [2.45, 2.75) is 6.54 Å². The predicted octanol–water partition coefficient (Wildman–Crippen LogP) is 0.224. The van der Waals surface area contributed by atoms with E-state index in [1.165, 1.54) is 6.20 Å². The highest BCUT2D eigenvalue weighted by molar-refractivity contribution is 5.91. The van der Waals surface area contributed by atoms with E-state index < -0.39 is 0 Å². The molecule has 1 aromatic rings. The van der Waals surface area contributed by atoms with Crippen molar-refractivity contribution >= 4 is 5.91 Å².